The van der Waals surface area contributed by atoms with E-state index < -0.39 is 11.0 Å². The first-order valence-corrected chi connectivity index (χ1v) is 9.15. The number of hydrogen-bond donors (Lipinski definition) is 0. The first-order chi connectivity index (χ1) is 9.63. The van der Waals surface area contributed by atoms with Crippen molar-refractivity contribution in [2.45, 2.75) is 43.4 Å². The molecule has 2 aromatic rings. The number of fused-ring (bicyclic) bond motifs is 1. The highest BCUT2D eigenvalue weighted by molar-refractivity contribution is 7.87. The van der Waals surface area contributed by atoms with E-state index in [0.717, 1.165) is 23.1 Å². The Labute approximate surface area is 135 Å². The van der Waals surface area contributed by atoms with Crippen molar-refractivity contribution in [1.82, 2.24) is 8.33 Å². The molecule has 1 aromatic heterocycles. The second-order valence-electron chi connectivity index (χ2n) is 4.51. The molecule has 0 N–H and O–H groups in total. The molecule has 0 aliphatic heterocycles. The molecule has 0 bridgehead atoms. The first kappa shape index (κ1) is 16.2. The number of halogens is 2. The predicted molar refractivity (Wildman–Crippen MR) is 87.4 cm³/mol. The topological polar surface area (TPSA) is 33.2 Å². The van der Waals surface area contributed by atoms with Gasteiger partial charge in [0.15, 0.2) is 15.3 Å². The molecule has 1 unspecified atom stereocenters. The maximum absolute atomic E-state index is 11.8. The van der Waals surface area contributed by atoms with Crippen LogP contribution in [0.15, 0.2) is 22.5 Å². The Morgan fingerprint density at radius 1 is 1.30 bits per heavy atom. The van der Waals surface area contributed by atoms with Gasteiger partial charge in [-0.15, -0.1) is 11.3 Å². The molecular formula is C13H16Cl2N2OS2. The Balaban J connectivity index is 2.21. The standard InChI is InChI=1S/C13H16Cl2N2OS2/c1-2-3-4-5-7-10-8-6-9-11-12(10)16-13(19-11)20(18)17(14)15/h6,8-9H,2-5,7H2,1H3. The van der Waals surface area contributed by atoms with Crippen LogP contribution in [0.25, 0.3) is 10.2 Å². The Hall–Kier alpha value is -0.200. The van der Waals surface area contributed by atoms with Gasteiger partial charge in [0.05, 0.1) is 10.2 Å². The predicted octanol–water partition coefficient (Wildman–Crippen LogP) is 5.05. The summed E-state index contributed by atoms with van der Waals surface area (Å²) in [6.45, 7) is 2.20. The van der Waals surface area contributed by atoms with E-state index in [9.17, 15) is 4.21 Å². The van der Waals surface area contributed by atoms with Gasteiger partial charge in [-0.2, -0.15) is 0 Å². The maximum Gasteiger partial charge on any atom is 0.200 e. The lowest BCUT2D eigenvalue weighted by Gasteiger charge is -2.02. The van der Waals surface area contributed by atoms with Gasteiger partial charge in [0.2, 0.25) is 0 Å². The summed E-state index contributed by atoms with van der Waals surface area (Å²) in [4.78, 5) is 4.44. The molecule has 0 spiro atoms. The van der Waals surface area contributed by atoms with E-state index in [4.69, 9.17) is 23.6 Å². The van der Waals surface area contributed by atoms with Crippen molar-refractivity contribution in [3.05, 3.63) is 23.8 Å². The number of hydrogen-bond acceptors (Lipinski definition) is 3. The van der Waals surface area contributed by atoms with Crippen LogP contribution in [0.5, 0.6) is 0 Å². The molecule has 20 heavy (non-hydrogen) atoms. The Morgan fingerprint density at radius 2 is 2.10 bits per heavy atom. The van der Waals surface area contributed by atoms with Gasteiger partial charge < -0.3 is 0 Å². The average molecular weight is 351 g/mol. The van der Waals surface area contributed by atoms with E-state index in [1.807, 2.05) is 12.1 Å². The van der Waals surface area contributed by atoms with Crippen molar-refractivity contribution in [2.24, 2.45) is 0 Å². The zero-order valence-corrected chi connectivity index (χ0v) is 14.3. The number of aryl methyl sites for hydroxylation is 1. The smallest absolute Gasteiger partial charge is 0.200 e. The highest BCUT2D eigenvalue weighted by Crippen LogP contribution is 2.29. The number of rotatable bonds is 7. The fourth-order valence-corrected chi connectivity index (χ4v) is 4.51. The van der Waals surface area contributed by atoms with Crippen molar-refractivity contribution in [1.29, 1.82) is 0 Å². The summed E-state index contributed by atoms with van der Waals surface area (Å²) >= 11 is 12.4. The number of thiazole rings is 1. The summed E-state index contributed by atoms with van der Waals surface area (Å²) in [5, 5.41) is 0. The van der Waals surface area contributed by atoms with Crippen LogP contribution in [0.3, 0.4) is 0 Å². The van der Waals surface area contributed by atoms with Gasteiger partial charge in [0, 0.05) is 23.6 Å². The quantitative estimate of drug-likeness (QED) is 0.516. The van der Waals surface area contributed by atoms with Gasteiger partial charge in [0.1, 0.15) is 0 Å². The molecule has 2 rings (SSSR count). The van der Waals surface area contributed by atoms with E-state index in [1.165, 1.54) is 36.2 Å². The number of para-hydroxylation sites is 1. The molecular weight excluding hydrogens is 335 g/mol. The van der Waals surface area contributed by atoms with Crippen LogP contribution in [0.4, 0.5) is 0 Å². The van der Waals surface area contributed by atoms with Gasteiger partial charge in [-0.3, -0.25) is 0 Å². The monoisotopic (exact) mass is 350 g/mol. The van der Waals surface area contributed by atoms with Crippen LogP contribution in [0.1, 0.15) is 38.2 Å². The second kappa shape index (κ2) is 7.71. The summed E-state index contributed by atoms with van der Waals surface area (Å²) < 4.78 is 13.9. The van der Waals surface area contributed by atoms with Gasteiger partial charge in [-0.1, -0.05) is 38.3 Å². The Bertz CT molecular complexity index is 601. The third-order valence-corrected chi connectivity index (χ3v) is 5.94. The summed E-state index contributed by atoms with van der Waals surface area (Å²) in [7, 11) is -1.61. The van der Waals surface area contributed by atoms with Crippen molar-refractivity contribution in [3.63, 3.8) is 0 Å². The average Bonchev–Trinajstić information content (AvgIpc) is 2.87. The van der Waals surface area contributed by atoms with Crippen LogP contribution < -0.4 is 0 Å². The lowest BCUT2D eigenvalue weighted by Crippen LogP contribution is -2.02. The van der Waals surface area contributed by atoms with E-state index in [1.54, 1.807) is 0 Å². The molecule has 0 saturated carbocycles. The summed E-state index contributed by atoms with van der Waals surface area (Å²) in [5.74, 6) is 0. The minimum absolute atomic E-state index is 0.436. The van der Waals surface area contributed by atoms with Crippen molar-refractivity contribution in [3.8, 4) is 0 Å². The fraction of sp³-hybridized carbons (Fsp3) is 0.462. The third kappa shape index (κ3) is 3.92. The van der Waals surface area contributed by atoms with Gasteiger partial charge >= 0.3 is 0 Å². The van der Waals surface area contributed by atoms with Crippen LogP contribution >= 0.6 is 34.9 Å². The minimum Gasteiger partial charge on any atom is -0.232 e. The van der Waals surface area contributed by atoms with Crippen LogP contribution in [-0.2, 0) is 17.4 Å². The van der Waals surface area contributed by atoms with Crippen molar-refractivity contribution >= 4 is 56.1 Å². The van der Waals surface area contributed by atoms with Crippen LogP contribution in [-0.4, -0.2) is 12.5 Å². The number of nitrogens with zero attached hydrogens (tertiary/aromatic N) is 2. The lowest BCUT2D eigenvalue weighted by molar-refractivity contribution is 0.667. The first-order valence-electron chi connectivity index (χ1n) is 6.55. The maximum atomic E-state index is 11.8. The summed E-state index contributed by atoms with van der Waals surface area (Å²) in [5.41, 5.74) is 2.13. The molecule has 0 amide bonds. The van der Waals surface area contributed by atoms with Crippen molar-refractivity contribution < 1.29 is 4.21 Å². The fourth-order valence-electron chi connectivity index (χ4n) is 2.06. The molecule has 7 heteroatoms. The van der Waals surface area contributed by atoms with Gasteiger partial charge in [-0.05, 0) is 27.8 Å². The third-order valence-electron chi connectivity index (χ3n) is 3.06. The molecule has 0 aliphatic carbocycles. The molecule has 0 radical (unpaired) electrons. The zero-order valence-electron chi connectivity index (χ0n) is 11.1. The molecule has 110 valence electrons. The number of unbranched alkanes of at least 4 members (excludes halogenated alkanes) is 3. The van der Waals surface area contributed by atoms with Crippen LogP contribution in [0, 0.1) is 0 Å². The van der Waals surface area contributed by atoms with Crippen molar-refractivity contribution in [2.75, 3.05) is 0 Å². The van der Waals surface area contributed by atoms with E-state index >= 15 is 0 Å². The molecule has 1 aromatic carbocycles. The Morgan fingerprint density at radius 3 is 2.80 bits per heavy atom. The second-order valence-corrected chi connectivity index (χ2v) is 8.29. The SMILES string of the molecule is CCCCCCc1cccc2sc(S(=O)N(Cl)Cl)nc12. The largest absolute Gasteiger partial charge is 0.232 e. The molecule has 1 heterocycles. The van der Waals surface area contributed by atoms with Gasteiger partial charge in [-0.25, -0.2) is 9.19 Å². The molecule has 3 nitrogen and oxygen atoms in total. The van der Waals surface area contributed by atoms with E-state index in [-0.39, 0.29) is 0 Å². The van der Waals surface area contributed by atoms with E-state index in [2.05, 4.69) is 18.0 Å². The van der Waals surface area contributed by atoms with Gasteiger partial charge in [0.25, 0.3) is 0 Å². The minimum atomic E-state index is -1.61. The molecule has 0 aliphatic rings. The summed E-state index contributed by atoms with van der Waals surface area (Å²) in [6, 6.07) is 6.08. The highest BCUT2D eigenvalue weighted by atomic mass is 35.5. The normalized spacial score (nSPS) is 13.2. The lowest BCUT2D eigenvalue weighted by atomic mass is 10.1. The molecule has 0 fully saturated rings. The zero-order chi connectivity index (χ0) is 14.5. The molecule has 1 atom stereocenters. The Kier molecular flexibility index (Phi) is 6.23. The van der Waals surface area contributed by atoms with Crippen LogP contribution in [0.2, 0.25) is 0 Å². The highest BCUT2D eigenvalue weighted by Gasteiger charge is 2.17. The van der Waals surface area contributed by atoms with E-state index in [0.29, 0.717) is 7.68 Å². The number of benzene rings is 1. The molecule has 0 saturated heterocycles. The number of aromatic nitrogens is 1. The summed E-state index contributed by atoms with van der Waals surface area (Å²) in [6.07, 6.45) is 5.87.